The van der Waals surface area contributed by atoms with Gasteiger partial charge in [0.25, 0.3) is 0 Å². The Labute approximate surface area is 214 Å². The first-order chi connectivity index (χ1) is 17.8. The molecule has 5 rings (SSSR count). The van der Waals surface area contributed by atoms with Crippen molar-refractivity contribution in [1.82, 2.24) is 9.80 Å². The number of hydrogen-bond acceptors (Lipinski definition) is 3. The van der Waals surface area contributed by atoms with Crippen LogP contribution in [0.4, 0.5) is 13.2 Å². The molecule has 0 radical (unpaired) electrons. The molecule has 192 valence electrons. The van der Waals surface area contributed by atoms with E-state index in [4.69, 9.17) is 0 Å². The summed E-state index contributed by atoms with van der Waals surface area (Å²) in [4.78, 5) is 29.7. The molecule has 2 heterocycles. The van der Waals surface area contributed by atoms with E-state index in [0.29, 0.717) is 25.1 Å². The van der Waals surface area contributed by atoms with Crippen LogP contribution in [0.3, 0.4) is 0 Å². The van der Waals surface area contributed by atoms with Crippen LogP contribution in [0.2, 0.25) is 0 Å². The van der Waals surface area contributed by atoms with Gasteiger partial charge in [-0.1, -0.05) is 66.7 Å². The Morgan fingerprint density at radius 2 is 1.57 bits per heavy atom. The van der Waals surface area contributed by atoms with Crippen LogP contribution in [-0.2, 0) is 34.1 Å². The zero-order valence-electron chi connectivity index (χ0n) is 20.5. The Balaban J connectivity index is 1.41. The highest BCUT2D eigenvalue weighted by molar-refractivity contribution is 5.79. The van der Waals surface area contributed by atoms with Crippen molar-refractivity contribution >= 4 is 12.2 Å². The third-order valence-corrected chi connectivity index (χ3v) is 7.86. The number of piperidine rings is 1. The molecule has 0 bridgehead atoms. The molecule has 4 nitrogen and oxygen atoms in total. The van der Waals surface area contributed by atoms with Gasteiger partial charge in [-0.25, -0.2) is 0 Å². The summed E-state index contributed by atoms with van der Waals surface area (Å²) in [6.07, 6.45) is -1.39. The van der Waals surface area contributed by atoms with Crippen molar-refractivity contribution in [2.24, 2.45) is 0 Å². The number of carbonyl (C=O) groups excluding carboxylic acids is 2. The molecule has 1 unspecified atom stereocenters. The van der Waals surface area contributed by atoms with Crippen LogP contribution in [0.5, 0.6) is 0 Å². The van der Waals surface area contributed by atoms with E-state index in [1.54, 1.807) is 4.90 Å². The van der Waals surface area contributed by atoms with Crippen molar-refractivity contribution in [3.05, 3.63) is 107 Å². The number of rotatable bonds is 5. The first-order valence-electron chi connectivity index (χ1n) is 12.6. The number of benzene rings is 3. The number of likely N-dealkylation sites (tertiary alicyclic amines) is 1. The Morgan fingerprint density at radius 3 is 2.16 bits per heavy atom. The molecular weight excluding hydrogens is 477 g/mol. The quantitative estimate of drug-likeness (QED) is 0.445. The lowest BCUT2D eigenvalue weighted by molar-refractivity contribution is -0.137. The van der Waals surface area contributed by atoms with Gasteiger partial charge in [-0.15, -0.1) is 0 Å². The zero-order chi connectivity index (χ0) is 26.0. The van der Waals surface area contributed by atoms with Gasteiger partial charge in [0.05, 0.1) is 18.2 Å². The number of fused-ring (bicyclic) bond motifs is 1. The third-order valence-electron chi connectivity index (χ3n) is 7.86. The number of amides is 1. The van der Waals surface area contributed by atoms with Crippen molar-refractivity contribution in [3.8, 4) is 0 Å². The molecule has 1 atom stereocenters. The first kappa shape index (κ1) is 25.2. The predicted octanol–water partition coefficient (Wildman–Crippen LogP) is 5.24. The van der Waals surface area contributed by atoms with Gasteiger partial charge in [0.1, 0.15) is 6.29 Å². The molecule has 0 spiro atoms. The summed E-state index contributed by atoms with van der Waals surface area (Å²) in [7, 11) is 0. The molecule has 0 aliphatic carbocycles. The normalized spacial score (nSPS) is 19.8. The minimum atomic E-state index is -4.43. The van der Waals surface area contributed by atoms with Crippen LogP contribution in [-0.4, -0.2) is 47.7 Å². The molecular formula is C30H29F3N2O2. The fraction of sp³-hybridized carbons (Fsp3) is 0.333. The molecule has 3 aromatic rings. The zero-order valence-corrected chi connectivity index (χ0v) is 20.5. The molecule has 37 heavy (non-hydrogen) atoms. The van der Waals surface area contributed by atoms with Crippen LogP contribution in [0.1, 0.15) is 40.7 Å². The highest BCUT2D eigenvalue weighted by Crippen LogP contribution is 2.44. The van der Waals surface area contributed by atoms with E-state index >= 15 is 0 Å². The second-order valence-corrected chi connectivity index (χ2v) is 9.90. The molecule has 0 N–H and O–H groups in total. The number of aldehydes is 1. The Kier molecular flexibility index (Phi) is 6.90. The van der Waals surface area contributed by atoms with Gasteiger partial charge in [0, 0.05) is 18.5 Å². The van der Waals surface area contributed by atoms with E-state index < -0.39 is 23.2 Å². The lowest BCUT2D eigenvalue weighted by atomic mass is 9.64. The summed E-state index contributed by atoms with van der Waals surface area (Å²) in [5.74, 6) is -0.174. The number of carbonyl (C=O) groups is 2. The Hall–Kier alpha value is -3.45. The standard InChI is InChI=1S/C30H29F3N2O2/c31-30(32,33)26-13-12-22-14-17-35(19-23(22)18-26)28(37)20-34-16-7-15-29(27(34)21-36,24-8-3-1-4-9-24)25-10-5-2-6-11-25/h1-6,8-13,18,21,27H,7,14-17,19-20H2. The van der Waals surface area contributed by atoms with Crippen LogP contribution < -0.4 is 0 Å². The lowest BCUT2D eigenvalue weighted by Crippen LogP contribution is -2.58. The van der Waals surface area contributed by atoms with Gasteiger partial charge < -0.3 is 9.69 Å². The minimum Gasteiger partial charge on any atom is -0.337 e. The average Bonchev–Trinajstić information content (AvgIpc) is 2.92. The molecule has 1 fully saturated rings. The molecule has 0 aromatic heterocycles. The molecule has 7 heteroatoms. The lowest BCUT2D eigenvalue weighted by Gasteiger charge is -2.48. The van der Waals surface area contributed by atoms with Crippen LogP contribution >= 0.6 is 0 Å². The Bertz CT molecular complexity index is 1220. The second kappa shape index (κ2) is 10.1. The van der Waals surface area contributed by atoms with Gasteiger partial charge in [0.2, 0.25) is 5.91 Å². The summed E-state index contributed by atoms with van der Waals surface area (Å²) in [5.41, 5.74) is 2.13. The maximum Gasteiger partial charge on any atom is 0.416 e. The average molecular weight is 507 g/mol. The molecule has 0 saturated carbocycles. The number of nitrogens with zero attached hydrogens (tertiary/aromatic N) is 2. The molecule has 1 amide bonds. The smallest absolute Gasteiger partial charge is 0.337 e. The van der Waals surface area contributed by atoms with Crippen LogP contribution in [0, 0.1) is 0 Å². The van der Waals surface area contributed by atoms with Gasteiger partial charge in [-0.05, 0) is 60.2 Å². The van der Waals surface area contributed by atoms with E-state index in [1.165, 1.54) is 6.07 Å². The van der Waals surface area contributed by atoms with E-state index in [2.05, 4.69) is 0 Å². The van der Waals surface area contributed by atoms with Crippen LogP contribution in [0.15, 0.2) is 78.9 Å². The number of halogens is 3. The molecule has 3 aromatic carbocycles. The van der Waals surface area contributed by atoms with Gasteiger partial charge in [-0.3, -0.25) is 9.69 Å². The molecule has 2 aliphatic heterocycles. The maximum absolute atomic E-state index is 13.4. The van der Waals surface area contributed by atoms with Crippen molar-refractivity contribution in [3.63, 3.8) is 0 Å². The summed E-state index contributed by atoms with van der Waals surface area (Å²) in [6, 6.07) is 23.1. The van der Waals surface area contributed by atoms with Crippen LogP contribution in [0.25, 0.3) is 0 Å². The first-order valence-corrected chi connectivity index (χ1v) is 12.6. The molecule has 1 saturated heterocycles. The van der Waals surface area contributed by atoms with E-state index in [9.17, 15) is 22.8 Å². The largest absolute Gasteiger partial charge is 0.416 e. The minimum absolute atomic E-state index is 0.0408. The van der Waals surface area contributed by atoms with Gasteiger partial charge >= 0.3 is 6.18 Å². The van der Waals surface area contributed by atoms with Gasteiger partial charge in [0.15, 0.2) is 0 Å². The fourth-order valence-corrected chi connectivity index (χ4v) is 6.03. The highest BCUT2D eigenvalue weighted by Gasteiger charge is 2.47. The second-order valence-electron chi connectivity index (χ2n) is 9.90. The SMILES string of the molecule is O=CC1N(CC(=O)N2CCc3ccc(C(F)(F)F)cc3C2)CCCC1(c1ccccc1)c1ccccc1. The van der Waals surface area contributed by atoms with E-state index in [0.717, 1.165) is 48.0 Å². The fourth-order valence-electron chi connectivity index (χ4n) is 6.03. The predicted molar refractivity (Wildman–Crippen MR) is 135 cm³/mol. The molecule has 2 aliphatic rings. The van der Waals surface area contributed by atoms with Crippen molar-refractivity contribution in [2.45, 2.75) is 43.4 Å². The Morgan fingerprint density at radius 1 is 0.919 bits per heavy atom. The summed E-state index contributed by atoms with van der Waals surface area (Å²) < 4.78 is 39.7. The summed E-state index contributed by atoms with van der Waals surface area (Å²) in [5, 5.41) is 0. The number of hydrogen-bond donors (Lipinski definition) is 0. The number of alkyl halides is 3. The summed E-state index contributed by atoms with van der Waals surface area (Å²) >= 11 is 0. The highest BCUT2D eigenvalue weighted by atomic mass is 19.4. The van der Waals surface area contributed by atoms with Crippen molar-refractivity contribution < 1.29 is 22.8 Å². The maximum atomic E-state index is 13.4. The topological polar surface area (TPSA) is 40.6 Å². The van der Waals surface area contributed by atoms with E-state index in [-0.39, 0.29) is 19.0 Å². The van der Waals surface area contributed by atoms with E-state index in [1.807, 2.05) is 65.6 Å². The van der Waals surface area contributed by atoms with Crippen molar-refractivity contribution in [1.29, 1.82) is 0 Å². The summed E-state index contributed by atoms with van der Waals surface area (Å²) in [6.45, 7) is 1.22. The van der Waals surface area contributed by atoms with Gasteiger partial charge in [-0.2, -0.15) is 13.2 Å². The monoisotopic (exact) mass is 506 g/mol. The van der Waals surface area contributed by atoms with Crippen molar-refractivity contribution in [2.75, 3.05) is 19.6 Å². The third kappa shape index (κ3) is 4.80.